The molecule has 16 heavy (non-hydrogen) atoms. The highest BCUT2D eigenvalue weighted by molar-refractivity contribution is 5.61. The average molecular weight is 215 g/mol. The molecule has 0 aliphatic carbocycles. The van der Waals surface area contributed by atoms with Crippen LogP contribution in [-0.4, -0.2) is 0 Å². The maximum absolute atomic E-state index is 13.4. The Bertz CT molecular complexity index is 506. The summed E-state index contributed by atoms with van der Waals surface area (Å²) < 4.78 is 13.4. The first-order chi connectivity index (χ1) is 7.66. The predicted octanol–water partition coefficient (Wildman–Crippen LogP) is 4.19. The van der Waals surface area contributed by atoms with Crippen LogP contribution in [0.4, 0.5) is 15.8 Å². The first kappa shape index (κ1) is 10.7. The zero-order valence-corrected chi connectivity index (χ0v) is 9.42. The number of anilines is 2. The summed E-state index contributed by atoms with van der Waals surface area (Å²) in [5.41, 5.74) is 3.85. The van der Waals surface area contributed by atoms with Gasteiger partial charge in [-0.15, -0.1) is 0 Å². The summed E-state index contributed by atoms with van der Waals surface area (Å²) in [4.78, 5) is 0. The fourth-order valence-corrected chi connectivity index (χ4v) is 1.54. The fourth-order valence-electron chi connectivity index (χ4n) is 1.54. The molecule has 0 amide bonds. The van der Waals surface area contributed by atoms with Gasteiger partial charge in [-0.1, -0.05) is 18.2 Å². The highest BCUT2D eigenvalue weighted by Gasteiger charge is 2.01. The van der Waals surface area contributed by atoms with Gasteiger partial charge in [-0.05, 0) is 49.2 Å². The van der Waals surface area contributed by atoms with Crippen LogP contribution in [0.5, 0.6) is 0 Å². The van der Waals surface area contributed by atoms with E-state index < -0.39 is 0 Å². The molecule has 0 saturated carbocycles. The minimum atomic E-state index is -0.235. The standard InChI is InChI=1S/C14H14FN/c1-10-7-8-12(9-11(10)2)16-14-6-4-3-5-13(14)15/h3-9,16H,1-2H3. The van der Waals surface area contributed by atoms with Gasteiger partial charge in [0.15, 0.2) is 0 Å². The summed E-state index contributed by atoms with van der Waals surface area (Å²) in [6.07, 6.45) is 0. The molecule has 2 aromatic carbocycles. The number of aryl methyl sites for hydroxylation is 2. The second kappa shape index (κ2) is 4.35. The lowest BCUT2D eigenvalue weighted by molar-refractivity contribution is 0.632. The van der Waals surface area contributed by atoms with Gasteiger partial charge in [-0.2, -0.15) is 0 Å². The molecule has 2 rings (SSSR count). The van der Waals surface area contributed by atoms with Gasteiger partial charge >= 0.3 is 0 Å². The van der Waals surface area contributed by atoms with Crippen molar-refractivity contribution < 1.29 is 4.39 Å². The molecule has 2 aromatic rings. The first-order valence-electron chi connectivity index (χ1n) is 5.25. The highest BCUT2D eigenvalue weighted by Crippen LogP contribution is 2.21. The van der Waals surface area contributed by atoms with E-state index in [1.54, 1.807) is 12.1 Å². The van der Waals surface area contributed by atoms with Gasteiger partial charge in [-0.25, -0.2) is 4.39 Å². The number of hydrogen-bond donors (Lipinski definition) is 1. The van der Waals surface area contributed by atoms with Crippen LogP contribution >= 0.6 is 0 Å². The summed E-state index contributed by atoms with van der Waals surface area (Å²) in [5, 5.41) is 3.07. The third-order valence-electron chi connectivity index (χ3n) is 2.66. The van der Waals surface area contributed by atoms with E-state index in [1.807, 2.05) is 31.2 Å². The summed E-state index contributed by atoms with van der Waals surface area (Å²) in [7, 11) is 0. The molecule has 0 saturated heterocycles. The monoisotopic (exact) mass is 215 g/mol. The third kappa shape index (κ3) is 2.22. The van der Waals surface area contributed by atoms with Crippen LogP contribution in [-0.2, 0) is 0 Å². The van der Waals surface area contributed by atoms with Crippen LogP contribution in [0.15, 0.2) is 42.5 Å². The fraction of sp³-hybridized carbons (Fsp3) is 0.143. The first-order valence-corrected chi connectivity index (χ1v) is 5.25. The lowest BCUT2D eigenvalue weighted by Crippen LogP contribution is -1.94. The van der Waals surface area contributed by atoms with E-state index in [0.29, 0.717) is 5.69 Å². The van der Waals surface area contributed by atoms with Gasteiger partial charge in [0, 0.05) is 5.69 Å². The van der Waals surface area contributed by atoms with Crippen molar-refractivity contribution in [2.24, 2.45) is 0 Å². The smallest absolute Gasteiger partial charge is 0.146 e. The minimum Gasteiger partial charge on any atom is -0.353 e. The Morgan fingerprint density at radius 1 is 0.938 bits per heavy atom. The number of para-hydroxylation sites is 1. The maximum Gasteiger partial charge on any atom is 0.146 e. The molecule has 0 unspecified atom stereocenters. The Kier molecular flexibility index (Phi) is 2.91. The number of nitrogens with one attached hydrogen (secondary N) is 1. The lowest BCUT2D eigenvalue weighted by Gasteiger charge is -2.09. The molecule has 0 spiro atoms. The zero-order valence-electron chi connectivity index (χ0n) is 9.42. The van der Waals surface area contributed by atoms with E-state index >= 15 is 0 Å². The Morgan fingerprint density at radius 2 is 1.69 bits per heavy atom. The van der Waals surface area contributed by atoms with Crippen molar-refractivity contribution >= 4 is 11.4 Å². The number of benzene rings is 2. The van der Waals surface area contributed by atoms with E-state index in [4.69, 9.17) is 0 Å². The van der Waals surface area contributed by atoms with Gasteiger partial charge in [0.1, 0.15) is 5.82 Å². The molecule has 1 N–H and O–H groups in total. The van der Waals surface area contributed by atoms with E-state index in [1.165, 1.54) is 17.2 Å². The summed E-state index contributed by atoms with van der Waals surface area (Å²) in [6.45, 7) is 4.10. The van der Waals surface area contributed by atoms with Gasteiger partial charge in [0.25, 0.3) is 0 Å². The molecule has 2 heteroatoms. The molecule has 0 atom stereocenters. The second-order valence-corrected chi connectivity index (χ2v) is 3.90. The minimum absolute atomic E-state index is 0.235. The zero-order chi connectivity index (χ0) is 11.5. The highest BCUT2D eigenvalue weighted by atomic mass is 19.1. The van der Waals surface area contributed by atoms with Crippen molar-refractivity contribution in [1.82, 2.24) is 0 Å². The lowest BCUT2D eigenvalue weighted by atomic mass is 10.1. The summed E-state index contributed by atoms with van der Waals surface area (Å²) in [6, 6.07) is 12.7. The van der Waals surface area contributed by atoms with Crippen molar-refractivity contribution in [2.75, 3.05) is 5.32 Å². The van der Waals surface area contributed by atoms with Crippen LogP contribution in [0.25, 0.3) is 0 Å². The van der Waals surface area contributed by atoms with Crippen LogP contribution in [0.2, 0.25) is 0 Å². The van der Waals surface area contributed by atoms with Crippen LogP contribution < -0.4 is 5.32 Å². The largest absolute Gasteiger partial charge is 0.353 e. The van der Waals surface area contributed by atoms with Gasteiger partial charge in [0.2, 0.25) is 0 Å². The number of rotatable bonds is 2. The van der Waals surface area contributed by atoms with Crippen molar-refractivity contribution in [3.63, 3.8) is 0 Å². The maximum atomic E-state index is 13.4. The predicted molar refractivity (Wildman–Crippen MR) is 65.6 cm³/mol. The van der Waals surface area contributed by atoms with Crippen molar-refractivity contribution in [2.45, 2.75) is 13.8 Å². The van der Waals surface area contributed by atoms with Crippen LogP contribution in [0, 0.1) is 19.7 Å². The van der Waals surface area contributed by atoms with Gasteiger partial charge in [0.05, 0.1) is 5.69 Å². The molecular weight excluding hydrogens is 201 g/mol. The van der Waals surface area contributed by atoms with Gasteiger partial charge in [-0.3, -0.25) is 0 Å². The molecular formula is C14H14FN. The molecule has 0 heterocycles. The summed E-state index contributed by atoms with van der Waals surface area (Å²) in [5.74, 6) is -0.235. The second-order valence-electron chi connectivity index (χ2n) is 3.90. The normalized spacial score (nSPS) is 10.2. The third-order valence-corrected chi connectivity index (χ3v) is 2.66. The van der Waals surface area contributed by atoms with E-state index in [2.05, 4.69) is 12.2 Å². The molecule has 0 fully saturated rings. The molecule has 0 radical (unpaired) electrons. The topological polar surface area (TPSA) is 12.0 Å². The van der Waals surface area contributed by atoms with Crippen molar-refractivity contribution in [3.8, 4) is 0 Å². The quantitative estimate of drug-likeness (QED) is 0.792. The average Bonchev–Trinajstić information content (AvgIpc) is 2.27. The SMILES string of the molecule is Cc1ccc(Nc2ccccc2F)cc1C. The molecule has 0 bridgehead atoms. The van der Waals surface area contributed by atoms with Crippen molar-refractivity contribution in [1.29, 1.82) is 0 Å². The molecule has 0 aliphatic rings. The van der Waals surface area contributed by atoms with E-state index in [-0.39, 0.29) is 5.82 Å². The molecule has 82 valence electrons. The number of halogens is 1. The van der Waals surface area contributed by atoms with Gasteiger partial charge < -0.3 is 5.32 Å². The van der Waals surface area contributed by atoms with E-state index in [9.17, 15) is 4.39 Å². The molecule has 0 aliphatic heterocycles. The Hall–Kier alpha value is -1.83. The van der Waals surface area contributed by atoms with E-state index in [0.717, 1.165) is 5.69 Å². The molecule has 1 nitrogen and oxygen atoms in total. The molecule has 0 aromatic heterocycles. The summed E-state index contributed by atoms with van der Waals surface area (Å²) >= 11 is 0. The van der Waals surface area contributed by atoms with Crippen LogP contribution in [0.3, 0.4) is 0 Å². The Balaban J connectivity index is 2.28. The van der Waals surface area contributed by atoms with Crippen LogP contribution in [0.1, 0.15) is 11.1 Å². The number of hydrogen-bond acceptors (Lipinski definition) is 1. The Morgan fingerprint density at radius 3 is 2.38 bits per heavy atom. The Labute approximate surface area is 94.9 Å². The van der Waals surface area contributed by atoms with Crippen molar-refractivity contribution in [3.05, 3.63) is 59.4 Å².